The van der Waals surface area contributed by atoms with E-state index in [1.54, 1.807) is 13.0 Å². The van der Waals surface area contributed by atoms with Gasteiger partial charge >= 0.3 is 0 Å². The maximum Gasteiger partial charge on any atom is 0.125 e. The van der Waals surface area contributed by atoms with Crippen molar-refractivity contribution in [2.24, 2.45) is 0 Å². The van der Waals surface area contributed by atoms with Crippen molar-refractivity contribution in [1.82, 2.24) is 0 Å². The Morgan fingerprint density at radius 3 is 2.79 bits per heavy atom. The summed E-state index contributed by atoms with van der Waals surface area (Å²) in [6.45, 7) is 5.47. The van der Waals surface area contributed by atoms with Crippen LogP contribution in [0.3, 0.4) is 0 Å². The van der Waals surface area contributed by atoms with Crippen LogP contribution in [0.1, 0.15) is 18.6 Å². The molecule has 1 N–H and O–H groups in total. The van der Waals surface area contributed by atoms with Crippen molar-refractivity contribution in [3.63, 3.8) is 0 Å². The van der Waals surface area contributed by atoms with Crippen LogP contribution in [0.4, 0.5) is 0 Å². The van der Waals surface area contributed by atoms with Crippen LogP contribution in [-0.4, -0.2) is 11.7 Å². The first-order valence-corrected chi connectivity index (χ1v) is 4.72. The van der Waals surface area contributed by atoms with Crippen molar-refractivity contribution >= 4 is 11.6 Å². The molecule has 0 radical (unpaired) electrons. The minimum atomic E-state index is -0.546. The van der Waals surface area contributed by atoms with Gasteiger partial charge in [0.05, 0.1) is 6.10 Å². The highest BCUT2D eigenvalue weighted by Gasteiger charge is 2.07. The summed E-state index contributed by atoms with van der Waals surface area (Å²) in [5, 5.41) is 9.87. The molecule has 0 saturated heterocycles. The van der Waals surface area contributed by atoms with Gasteiger partial charge in [0.15, 0.2) is 0 Å². The van der Waals surface area contributed by atoms with Crippen molar-refractivity contribution in [1.29, 1.82) is 0 Å². The molecule has 0 aliphatic rings. The van der Waals surface area contributed by atoms with Gasteiger partial charge in [-0.25, -0.2) is 0 Å². The van der Waals surface area contributed by atoms with Crippen LogP contribution in [0.25, 0.3) is 0 Å². The SMILES string of the molecule is C=C(Cl)COc1ccccc1C(C)O. The molecule has 1 rings (SSSR count). The zero-order chi connectivity index (χ0) is 10.6. The summed E-state index contributed by atoms with van der Waals surface area (Å²) in [5.74, 6) is 0.643. The van der Waals surface area contributed by atoms with Crippen LogP contribution in [0.15, 0.2) is 35.9 Å². The summed E-state index contributed by atoms with van der Waals surface area (Å²) in [5.41, 5.74) is 0.755. The van der Waals surface area contributed by atoms with Crippen molar-refractivity contribution in [3.8, 4) is 5.75 Å². The van der Waals surface area contributed by atoms with Crippen LogP contribution in [-0.2, 0) is 0 Å². The van der Waals surface area contributed by atoms with Gasteiger partial charge in [-0.1, -0.05) is 36.4 Å². The number of aliphatic hydroxyl groups excluding tert-OH is 1. The summed E-state index contributed by atoms with van der Waals surface area (Å²) in [6.07, 6.45) is -0.546. The molecule has 1 unspecified atom stereocenters. The van der Waals surface area contributed by atoms with Gasteiger partial charge in [0.25, 0.3) is 0 Å². The Morgan fingerprint density at radius 2 is 2.21 bits per heavy atom. The molecule has 0 bridgehead atoms. The molecule has 3 heteroatoms. The number of hydrogen-bond acceptors (Lipinski definition) is 2. The molecule has 1 aromatic carbocycles. The average molecular weight is 213 g/mol. The summed E-state index contributed by atoms with van der Waals surface area (Å²) >= 11 is 5.58. The Hall–Kier alpha value is -0.990. The number of benzene rings is 1. The summed E-state index contributed by atoms with van der Waals surface area (Å²) in [7, 11) is 0. The molecule has 0 aliphatic carbocycles. The lowest BCUT2D eigenvalue weighted by molar-refractivity contribution is 0.193. The van der Waals surface area contributed by atoms with Gasteiger partial charge in [0.2, 0.25) is 0 Å². The van der Waals surface area contributed by atoms with Crippen molar-refractivity contribution < 1.29 is 9.84 Å². The topological polar surface area (TPSA) is 29.5 Å². The first kappa shape index (κ1) is 11.1. The maximum atomic E-state index is 9.43. The Morgan fingerprint density at radius 1 is 1.57 bits per heavy atom. The van der Waals surface area contributed by atoms with Crippen molar-refractivity contribution in [3.05, 3.63) is 41.4 Å². The Kier molecular flexibility index (Phi) is 3.98. The normalized spacial score (nSPS) is 12.2. The number of para-hydroxylation sites is 1. The fraction of sp³-hybridized carbons (Fsp3) is 0.273. The van der Waals surface area contributed by atoms with Gasteiger partial charge in [0, 0.05) is 10.6 Å². The zero-order valence-electron chi connectivity index (χ0n) is 8.03. The number of rotatable bonds is 4. The standard InChI is InChI=1S/C11H13ClO2/c1-8(12)7-14-11-6-4-3-5-10(11)9(2)13/h3-6,9,13H,1,7H2,2H3. The fourth-order valence-corrected chi connectivity index (χ4v) is 1.17. The number of halogens is 1. The summed E-state index contributed by atoms with van der Waals surface area (Å²) in [4.78, 5) is 0. The van der Waals surface area contributed by atoms with E-state index in [4.69, 9.17) is 16.3 Å². The van der Waals surface area contributed by atoms with E-state index in [0.29, 0.717) is 10.8 Å². The minimum Gasteiger partial charge on any atom is -0.488 e. The quantitative estimate of drug-likeness (QED) is 0.832. The first-order chi connectivity index (χ1) is 6.61. The van der Waals surface area contributed by atoms with Crippen LogP contribution < -0.4 is 4.74 Å². The first-order valence-electron chi connectivity index (χ1n) is 4.34. The molecule has 0 heterocycles. The second kappa shape index (κ2) is 5.03. The summed E-state index contributed by atoms with van der Waals surface area (Å²) in [6, 6.07) is 7.31. The number of hydrogen-bond donors (Lipinski definition) is 1. The molecule has 14 heavy (non-hydrogen) atoms. The van der Waals surface area contributed by atoms with Gasteiger partial charge in [-0.3, -0.25) is 0 Å². The van der Waals surface area contributed by atoms with Crippen LogP contribution >= 0.6 is 11.6 Å². The smallest absolute Gasteiger partial charge is 0.125 e. The Balaban J connectivity index is 2.79. The molecular formula is C11H13ClO2. The van der Waals surface area contributed by atoms with Gasteiger partial charge in [0.1, 0.15) is 12.4 Å². The molecule has 0 spiro atoms. The highest BCUT2D eigenvalue weighted by molar-refractivity contribution is 6.29. The maximum absolute atomic E-state index is 9.43. The number of ether oxygens (including phenoxy) is 1. The molecule has 1 aromatic rings. The van der Waals surface area contributed by atoms with E-state index in [1.807, 2.05) is 18.2 Å². The van der Waals surface area contributed by atoms with E-state index in [-0.39, 0.29) is 6.61 Å². The van der Waals surface area contributed by atoms with E-state index >= 15 is 0 Å². The zero-order valence-corrected chi connectivity index (χ0v) is 8.79. The summed E-state index contributed by atoms with van der Waals surface area (Å²) < 4.78 is 5.37. The Bertz CT molecular complexity index is 321. The molecule has 1 atom stereocenters. The Labute approximate surface area is 88.8 Å². The molecular weight excluding hydrogens is 200 g/mol. The van der Waals surface area contributed by atoms with E-state index < -0.39 is 6.10 Å². The number of aliphatic hydroxyl groups is 1. The molecule has 0 saturated carbocycles. The third-order valence-corrected chi connectivity index (χ3v) is 1.86. The minimum absolute atomic E-state index is 0.255. The van der Waals surface area contributed by atoms with Crippen LogP contribution in [0.2, 0.25) is 0 Å². The van der Waals surface area contributed by atoms with E-state index in [2.05, 4.69) is 6.58 Å². The lowest BCUT2D eigenvalue weighted by Crippen LogP contribution is -2.01. The third-order valence-electron chi connectivity index (χ3n) is 1.75. The highest BCUT2D eigenvalue weighted by Crippen LogP contribution is 2.24. The van der Waals surface area contributed by atoms with Gasteiger partial charge in [-0.05, 0) is 13.0 Å². The second-order valence-corrected chi connectivity index (χ2v) is 3.55. The van der Waals surface area contributed by atoms with E-state index in [1.165, 1.54) is 0 Å². The van der Waals surface area contributed by atoms with E-state index in [0.717, 1.165) is 5.56 Å². The third kappa shape index (κ3) is 3.05. The van der Waals surface area contributed by atoms with Crippen LogP contribution in [0.5, 0.6) is 5.75 Å². The highest BCUT2D eigenvalue weighted by atomic mass is 35.5. The van der Waals surface area contributed by atoms with Crippen molar-refractivity contribution in [2.75, 3.05) is 6.61 Å². The van der Waals surface area contributed by atoms with Gasteiger partial charge in [-0.15, -0.1) is 0 Å². The molecule has 0 aliphatic heterocycles. The van der Waals surface area contributed by atoms with E-state index in [9.17, 15) is 5.11 Å². The predicted octanol–water partition coefficient (Wildman–Crippen LogP) is 2.87. The van der Waals surface area contributed by atoms with Gasteiger partial charge < -0.3 is 9.84 Å². The second-order valence-electron chi connectivity index (χ2n) is 3.02. The monoisotopic (exact) mass is 212 g/mol. The fourth-order valence-electron chi connectivity index (χ4n) is 1.11. The predicted molar refractivity (Wildman–Crippen MR) is 57.6 cm³/mol. The average Bonchev–Trinajstić information content (AvgIpc) is 2.15. The largest absolute Gasteiger partial charge is 0.488 e. The van der Waals surface area contributed by atoms with Crippen LogP contribution in [0, 0.1) is 0 Å². The lowest BCUT2D eigenvalue weighted by atomic mass is 10.1. The van der Waals surface area contributed by atoms with Gasteiger partial charge in [-0.2, -0.15) is 0 Å². The van der Waals surface area contributed by atoms with Crippen molar-refractivity contribution in [2.45, 2.75) is 13.0 Å². The molecule has 0 fully saturated rings. The molecule has 0 aromatic heterocycles. The molecule has 0 amide bonds. The molecule has 2 nitrogen and oxygen atoms in total. The molecule has 76 valence electrons. The lowest BCUT2D eigenvalue weighted by Gasteiger charge is -2.12.